The van der Waals surface area contributed by atoms with E-state index in [0.717, 1.165) is 11.3 Å². The minimum absolute atomic E-state index is 0.00609. The molecule has 1 aromatic carbocycles. The van der Waals surface area contributed by atoms with Crippen molar-refractivity contribution in [1.29, 1.82) is 10.7 Å². The average Bonchev–Trinajstić information content (AvgIpc) is 3.02. The first-order chi connectivity index (χ1) is 14.3. The van der Waals surface area contributed by atoms with Gasteiger partial charge in [-0.3, -0.25) is 15.0 Å². The number of carbonyl (C=O) groups is 2. The van der Waals surface area contributed by atoms with Gasteiger partial charge >= 0.3 is 0 Å². The number of hydrogen-bond donors (Lipinski definition) is 2. The number of carbonyl (C=O) groups excluding carboxylic acids is 2. The molecule has 0 unspecified atom stereocenters. The molecular formula is C21H20N4O4S. The van der Waals surface area contributed by atoms with Gasteiger partial charge in [-0.25, -0.2) is 0 Å². The summed E-state index contributed by atoms with van der Waals surface area (Å²) in [6.45, 7) is 3.94. The first-order valence-corrected chi connectivity index (χ1v) is 9.90. The zero-order valence-electron chi connectivity index (χ0n) is 17.0. The van der Waals surface area contributed by atoms with E-state index in [1.54, 1.807) is 39.2 Å². The predicted molar refractivity (Wildman–Crippen MR) is 113 cm³/mol. The number of para-hydroxylation sites is 1. The summed E-state index contributed by atoms with van der Waals surface area (Å²) in [5, 5.41) is 21.2. The van der Waals surface area contributed by atoms with Crippen molar-refractivity contribution in [3.8, 4) is 11.8 Å². The third-order valence-corrected chi connectivity index (χ3v) is 5.58. The maximum atomic E-state index is 12.9. The lowest BCUT2D eigenvalue weighted by atomic mass is 10.1. The molecule has 30 heavy (non-hydrogen) atoms. The van der Waals surface area contributed by atoms with E-state index >= 15 is 0 Å². The molecule has 2 N–H and O–H groups in total. The Labute approximate surface area is 176 Å². The van der Waals surface area contributed by atoms with Crippen LogP contribution < -0.4 is 15.6 Å². The number of nitrogens with one attached hydrogen (secondary N) is 2. The Morgan fingerprint density at radius 3 is 2.73 bits per heavy atom. The number of fused-ring (bicyclic) bond motifs is 1. The molecule has 0 bridgehead atoms. The monoisotopic (exact) mass is 424 g/mol. The summed E-state index contributed by atoms with van der Waals surface area (Å²) in [6.07, 6.45) is 0. The quantitative estimate of drug-likeness (QED) is 0.649. The molecule has 154 valence electrons. The maximum Gasteiger partial charge on any atom is 0.263 e. The molecule has 8 nitrogen and oxygen atoms in total. The number of anilines is 1. The number of hydrogen-bond acceptors (Lipinski definition) is 7. The largest absolute Gasteiger partial charge is 0.490 e. The highest BCUT2D eigenvalue weighted by Crippen LogP contribution is 2.33. The number of nitrogens with zero attached hydrogens (tertiary/aromatic N) is 2. The lowest BCUT2D eigenvalue weighted by Gasteiger charge is -2.09. The van der Waals surface area contributed by atoms with Crippen LogP contribution in [0.5, 0.6) is 5.75 Å². The predicted octanol–water partition coefficient (Wildman–Crippen LogP) is 3.51. The molecule has 3 rings (SSSR count). The second-order valence-corrected chi connectivity index (χ2v) is 7.64. The van der Waals surface area contributed by atoms with Crippen LogP contribution in [0.1, 0.15) is 38.1 Å². The van der Waals surface area contributed by atoms with Crippen molar-refractivity contribution >= 4 is 39.1 Å². The Kier molecular flexibility index (Phi) is 5.89. The zero-order chi connectivity index (χ0) is 22.0. The van der Waals surface area contributed by atoms with E-state index in [-0.39, 0.29) is 27.6 Å². The zero-order valence-corrected chi connectivity index (χ0v) is 17.8. The summed E-state index contributed by atoms with van der Waals surface area (Å²) in [5.74, 6) is -0.364. The van der Waals surface area contributed by atoms with Gasteiger partial charge in [-0.1, -0.05) is 12.1 Å². The van der Waals surface area contributed by atoms with Gasteiger partial charge in [0, 0.05) is 19.5 Å². The molecule has 0 spiro atoms. The van der Waals surface area contributed by atoms with Crippen LogP contribution in [0.3, 0.4) is 0 Å². The molecule has 2 heterocycles. The maximum absolute atomic E-state index is 12.9. The summed E-state index contributed by atoms with van der Waals surface area (Å²) in [7, 11) is 3.23. The van der Waals surface area contributed by atoms with E-state index in [2.05, 4.69) is 5.32 Å². The first kappa shape index (κ1) is 21.1. The van der Waals surface area contributed by atoms with Crippen LogP contribution in [0.25, 0.3) is 11.0 Å². The summed E-state index contributed by atoms with van der Waals surface area (Å²) in [5.41, 5.74) is 0.785. The van der Waals surface area contributed by atoms with Crippen LogP contribution in [-0.4, -0.2) is 37.4 Å². The molecule has 0 aliphatic carbocycles. The van der Waals surface area contributed by atoms with Crippen LogP contribution in [0.2, 0.25) is 0 Å². The number of amides is 2. The highest BCUT2D eigenvalue weighted by atomic mass is 32.1. The summed E-state index contributed by atoms with van der Waals surface area (Å²) >= 11 is 1.03. The molecule has 0 radical (unpaired) electrons. The topological polar surface area (TPSA) is 119 Å². The molecule has 2 amide bonds. The molecular weight excluding hydrogens is 404 g/mol. The number of nitriles is 1. The fourth-order valence-corrected chi connectivity index (χ4v) is 4.06. The van der Waals surface area contributed by atoms with Crippen molar-refractivity contribution < 1.29 is 18.7 Å². The molecule has 9 heteroatoms. The van der Waals surface area contributed by atoms with Gasteiger partial charge in [0.15, 0.2) is 11.3 Å². The standard InChI is InChI=1S/C21H20N4O4S/c1-5-28-15-8-6-7-12-9-13(18(23)29-16(12)15)19(26)24-20-14(10-22)11(2)17(30-20)21(27)25(3)4/h6-9,23H,5H2,1-4H3,(H,24,26). The Morgan fingerprint density at radius 1 is 1.37 bits per heavy atom. The summed E-state index contributed by atoms with van der Waals surface area (Å²) < 4.78 is 11.1. The lowest BCUT2D eigenvalue weighted by molar-refractivity contribution is 0.0831. The molecule has 0 fully saturated rings. The van der Waals surface area contributed by atoms with Crippen LogP contribution in [0.4, 0.5) is 5.00 Å². The lowest BCUT2D eigenvalue weighted by Crippen LogP contribution is -2.21. The van der Waals surface area contributed by atoms with Gasteiger partial charge < -0.3 is 19.4 Å². The van der Waals surface area contributed by atoms with Crippen LogP contribution in [0.15, 0.2) is 28.7 Å². The van der Waals surface area contributed by atoms with Crippen LogP contribution in [0, 0.1) is 23.7 Å². The van der Waals surface area contributed by atoms with Crippen LogP contribution >= 0.6 is 11.3 Å². The molecule has 0 saturated carbocycles. The van der Waals surface area contributed by atoms with E-state index in [9.17, 15) is 14.9 Å². The van der Waals surface area contributed by atoms with Crippen molar-refractivity contribution in [2.75, 3.05) is 26.0 Å². The molecule has 0 saturated heterocycles. The molecule has 3 aromatic rings. The van der Waals surface area contributed by atoms with Crippen LogP contribution in [-0.2, 0) is 0 Å². The highest BCUT2D eigenvalue weighted by Gasteiger charge is 2.23. The molecule has 0 aliphatic rings. The fraction of sp³-hybridized carbons (Fsp3) is 0.238. The number of rotatable bonds is 5. The third kappa shape index (κ3) is 3.77. The Hall–Kier alpha value is -3.64. The molecule has 0 atom stereocenters. The van der Waals surface area contributed by atoms with E-state index in [4.69, 9.17) is 14.6 Å². The summed E-state index contributed by atoms with van der Waals surface area (Å²) in [4.78, 5) is 27.0. The van der Waals surface area contributed by atoms with Gasteiger partial charge in [0.05, 0.1) is 17.0 Å². The number of benzene rings is 1. The fourth-order valence-electron chi connectivity index (χ4n) is 2.89. The second kappa shape index (κ2) is 8.39. The Bertz CT molecular complexity index is 1250. The SMILES string of the molecule is CCOc1cccc2cc(C(=O)Nc3sc(C(=O)N(C)C)c(C)c3C#N)c(=N)oc12. The Morgan fingerprint density at radius 2 is 2.10 bits per heavy atom. The van der Waals surface area contributed by atoms with Gasteiger partial charge in [0.2, 0.25) is 5.55 Å². The van der Waals surface area contributed by atoms with E-state index in [1.807, 2.05) is 13.0 Å². The average molecular weight is 424 g/mol. The molecule has 2 aromatic heterocycles. The Balaban J connectivity index is 2.01. The minimum atomic E-state index is -0.603. The van der Waals surface area contributed by atoms with Crippen molar-refractivity contribution in [3.63, 3.8) is 0 Å². The van der Waals surface area contributed by atoms with Gasteiger partial charge in [-0.15, -0.1) is 11.3 Å². The van der Waals surface area contributed by atoms with Crippen molar-refractivity contribution in [1.82, 2.24) is 4.90 Å². The number of thiophene rings is 1. The van der Waals surface area contributed by atoms with Gasteiger partial charge in [-0.05, 0) is 31.5 Å². The van der Waals surface area contributed by atoms with Gasteiger partial charge in [0.25, 0.3) is 11.8 Å². The minimum Gasteiger partial charge on any atom is -0.490 e. The summed E-state index contributed by atoms with van der Waals surface area (Å²) in [6, 6.07) is 8.82. The van der Waals surface area contributed by atoms with Crippen molar-refractivity contribution in [2.24, 2.45) is 0 Å². The highest BCUT2D eigenvalue weighted by molar-refractivity contribution is 7.18. The van der Waals surface area contributed by atoms with E-state index < -0.39 is 5.91 Å². The smallest absolute Gasteiger partial charge is 0.263 e. The van der Waals surface area contributed by atoms with Crippen molar-refractivity contribution in [3.05, 3.63) is 51.4 Å². The van der Waals surface area contributed by atoms with Gasteiger partial charge in [0.1, 0.15) is 16.6 Å². The van der Waals surface area contributed by atoms with E-state index in [1.165, 1.54) is 11.0 Å². The van der Waals surface area contributed by atoms with Gasteiger partial charge in [-0.2, -0.15) is 5.26 Å². The first-order valence-electron chi connectivity index (χ1n) is 9.09. The normalized spacial score (nSPS) is 10.5. The van der Waals surface area contributed by atoms with E-state index in [0.29, 0.717) is 33.8 Å². The second-order valence-electron chi connectivity index (χ2n) is 6.62. The molecule has 0 aliphatic heterocycles. The number of ether oxygens (including phenoxy) is 1. The third-order valence-electron chi connectivity index (χ3n) is 4.39. The van der Waals surface area contributed by atoms with Crippen molar-refractivity contribution in [2.45, 2.75) is 13.8 Å².